The average molecular weight is 346 g/mol. The van der Waals surface area contributed by atoms with Crippen molar-refractivity contribution in [2.75, 3.05) is 21.3 Å². The predicted molar refractivity (Wildman–Crippen MR) is 94.4 cm³/mol. The molecule has 1 atom stereocenters. The largest absolute Gasteiger partial charge is 0.493 e. The Morgan fingerprint density at radius 2 is 1.64 bits per heavy atom. The Morgan fingerprint density at radius 1 is 1.00 bits per heavy atom. The molecule has 0 fully saturated rings. The van der Waals surface area contributed by atoms with Crippen LogP contribution in [-0.4, -0.2) is 26.3 Å². The van der Waals surface area contributed by atoms with Gasteiger partial charge in [-0.3, -0.25) is 10.1 Å². The molecule has 7 nitrogen and oxygen atoms in total. The second-order valence-corrected chi connectivity index (χ2v) is 5.48. The van der Waals surface area contributed by atoms with E-state index < -0.39 is 4.92 Å². The number of nitro benzene ring substituents is 1. The molecule has 7 heteroatoms. The van der Waals surface area contributed by atoms with Crippen LogP contribution in [-0.2, 0) is 6.54 Å². The van der Waals surface area contributed by atoms with E-state index >= 15 is 0 Å². The molecule has 2 aromatic carbocycles. The first-order valence-electron chi connectivity index (χ1n) is 7.76. The minimum Gasteiger partial charge on any atom is -0.493 e. The zero-order valence-corrected chi connectivity index (χ0v) is 14.7. The smallest absolute Gasteiger partial charge is 0.311 e. The van der Waals surface area contributed by atoms with Gasteiger partial charge in [0.05, 0.1) is 26.3 Å². The molecule has 2 rings (SSSR count). The van der Waals surface area contributed by atoms with Gasteiger partial charge < -0.3 is 19.5 Å². The number of nitro groups is 1. The Balaban J connectivity index is 2.10. The van der Waals surface area contributed by atoms with Gasteiger partial charge in [-0.25, -0.2) is 0 Å². The van der Waals surface area contributed by atoms with Gasteiger partial charge in [-0.15, -0.1) is 0 Å². The topological polar surface area (TPSA) is 82.9 Å². The van der Waals surface area contributed by atoms with Crippen LogP contribution in [0.1, 0.15) is 24.1 Å². The van der Waals surface area contributed by atoms with E-state index in [0.717, 1.165) is 11.1 Å². The van der Waals surface area contributed by atoms with E-state index in [1.165, 1.54) is 13.2 Å². The molecule has 1 unspecified atom stereocenters. The number of methoxy groups -OCH3 is 3. The zero-order valence-electron chi connectivity index (χ0n) is 14.7. The Kier molecular flexibility index (Phi) is 6.19. The number of hydrogen-bond acceptors (Lipinski definition) is 6. The van der Waals surface area contributed by atoms with Crippen molar-refractivity contribution in [3.63, 3.8) is 0 Å². The molecular formula is C18H22N2O5. The van der Waals surface area contributed by atoms with Crippen LogP contribution >= 0.6 is 0 Å². The van der Waals surface area contributed by atoms with E-state index in [2.05, 4.69) is 5.32 Å². The fourth-order valence-electron chi connectivity index (χ4n) is 2.50. The van der Waals surface area contributed by atoms with Crippen molar-refractivity contribution in [1.82, 2.24) is 5.32 Å². The predicted octanol–water partition coefficient (Wildman–Crippen LogP) is 3.47. The standard InChI is InChI=1S/C18H22N2O5/c1-12(14-6-8-17(24-3)18(10-14)25-4)19-11-13-5-7-16(23-2)15(9-13)20(21)22/h5-10,12,19H,11H2,1-4H3. The Hall–Kier alpha value is -2.80. The van der Waals surface area contributed by atoms with Gasteiger partial charge in [0.25, 0.3) is 0 Å². The van der Waals surface area contributed by atoms with Gasteiger partial charge in [0.1, 0.15) is 0 Å². The Bertz CT molecular complexity index is 748. The molecule has 0 heterocycles. The molecule has 0 bridgehead atoms. The maximum absolute atomic E-state index is 11.1. The van der Waals surface area contributed by atoms with Crippen LogP contribution in [0.25, 0.3) is 0 Å². The van der Waals surface area contributed by atoms with Crippen molar-refractivity contribution in [1.29, 1.82) is 0 Å². The molecule has 134 valence electrons. The third-order valence-corrected chi connectivity index (χ3v) is 3.96. The molecule has 0 spiro atoms. The first-order valence-corrected chi connectivity index (χ1v) is 7.76. The maximum Gasteiger partial charge on any atom is 0.311 e. The van der Waals surface area contributed by atoms with Crippen LogP contribution in [0.2, 0.25) is 0 Å². The molecule has 0 saturated carbocycles. The minimum absolute atomic E-state index is 0.0287. The molecular weight excluding hydrogens is 324 g/mol. The van der Waals surface area contributed by atoms with E-state index in [1.54, 1.807) is 26.4 Å². The summed E-state index contributed by atoms with van der Waals surface area (Å²) in [5.74, 6) is 1.58. The second-order valence-electron chi connectivity index (χ2n) is 5.48. The van der Waals surface area contributed by atoms with Crippen molar-refractivity contribution in [3.8, 4) is 17.2 Å². The van der Waals surface area contributed by atoms with Crippen LogP contribution in [0.3, 0.4) is 0 Å². The third kappa shape index (κ3) is 4.39. The fourth-order valence-corrected chi connectivity index (χ4v) is 2.50. The van der Waals surface area contributed by atoms with Gasteiger partial charge in [-0.2, -0.15) is 0 Å². The summed E-state index contributed by atoms with van der Waals surface area (Å²) >= 11 is 0. The van der Waals surface area contributed by atoms with E-state index in [0.29, 0.717) is 18.0 Å². The second kappa shape index (κ2) is 8.34. The summed E-state index contributed by atoms with van der Waals surface area (Å²) in [6.45, 7) is 2.50. The van der Waals surface area contributed by atoms with Crippen molar-refractivity contribution in [3.05, 3.63) is 57.6 Å². The minimum atomic E-state index is -0.444. The van der Waals surface area contributed by atoms with Crippen LogP contribution in [0.4, 0.5) is 5.69 Å². The number of ether oxygens (including phenoxy) is 3. The highest BCUT2D eigenvalue weighted by Crippen LogP contribution is 2.30. The molecule has 1 N–H and O–H groups in total. The molecule has 0 saturated heterocycles. The number of rotatable bonds is 8. The molecule has 0 aliphatic carbocycles. The molecule has 0 aliphatic rings. The van der Waals surface area contributed by atoms with Gasteiger partial charge in [-0.1, -0.05) is 12.1 Å². The quantitative estimate of drug-likeness (QED) is 0.582. The van der Waals surface area contributed by atoms with Gasteiger partial charge in [-0.05, 0) is 36.2 Å². The lowest BCUT2D eigenvalue weighted by Crippen LogP contribution is -2.18. The molecule has 0 radical (unpaired) electrons. The first-order chi connectivity index (χ1) is 12.0. The lowest BCUT2D eigenvalue weighted by atomic mass is 10.1. The van der Waals surface area contributed by atoms with Crippen LogP contribution in [0.15, 0.2) is 36.4 Å². The third-order valence-electron chi connectivity index (χ3n) is 3.96. The summed E-state index contributed by atoms with van der Waals surface area (Å²) in [4.78, 5) is 10.7. The van der Waals surface area contributed by atoms with Crippen LogP contribution < -0.4 is 19.5 Å². The lowest BCUT2D eigenvalue weighted by molar-refractivity contribution is -0.385. The first kappa shape index (κ1) is 18.5. The van der Waals surface area contributed by atoms with Gasteiger partial charge in [0, 0.05) is 18.7 Å². The van der Waals surface area contributed by atoms with Crippen molar-refractivity contribution in [2.24, 2.45) is 0 Å². The van der Waals surface area contributed by atoms with Crippen LogP contribution in [0, 0.1) is 10.1 Å². The van der Waals surface area contributed by atoms with Crippen molar-refractivity contribution >= 4 is 5.69 Å². The molecule has 25 heavy (non-hydrogen) atoms. The monoisotopic (exact) mass is 346 g/mol. The molecule has 2 aromatic rings. The summed E-state index contributed by atoms with van der Waals surface area (Å²) in [5, 5.41) is 14.5. The lowest BCUT2D eigenvalue weighted by Gasteiger charge is -2.16. The Labute approximate surface area is 146 Å². The summed E-state index contributed by atoms with van der Waals surface area (Å²) < 4.78 is 15.6. The molecule has 0 aromatic heterocycles. The number of hydrogen-bond donors (Lipinski definition) is 1. The highest BCUT2D eigenvalue weighted by atomic mass is 16.6. The SMILES string of the molecule is COc1ccc(C(C)NCc2ccc(OC)c([N+](=O)[O-])c2)cc1OC. The highest BCUT2D eigenvalue weighted by molar-refractivity contribution is 5.48. The van der Waals surface area contributed by atoms with Crippen LogP contribution in [0.5, 0.6) is 17.2 Å². The summed E-state index contributed by atoms with van der Waals surface area (Å²) in [6, 6.07) is 10.7. The average Bonchev–Trinajstić information content (AvgIpc) is 2.65. The van der Waals surface area contributed by atoms with E-state index in [1.807, 2.05) is 25.1 Å². The zero-order chi connectivity index (χ0) is 18.4. The normalized spacial score (nSPS) is 11.7. The van der Waals surface area contributed by atoms with Crippen molar-refractivity contribution in [2.45, 2.75) is 19.5 Å². The van der Waals surface area contributed by atoms with Gasteiger partial charge >= 0.3 is 5.69 Å². The number of benzene rings is 2. The fraction of sp³-hybridized carbons (Fsp3) is 0.333. The van der Waals surface area contributed by atoms with E-state index in [9.17, 15) is 10.1 Å². The summed E-state index contributed by atoms with van der Waals surface area (Å²) in [5.41, 5.74) is 1.79. The summed E-state index contributed by atoms with van der Waals surface area (Å²) in [6.07, 6.45) is 0. The molecule has 0 amide bonds. The van der Waals surface area contributed by atoms with E-state index in [4.69, 9.17) is 14.2 Å². The highest BCUT2D eigenvalue weighted by Gasteiger charge is 2.16. The molecule has 0 aliphatic heterocycles. The Morgan fingerprint density at radius 3 is 2.24 bits per heavy atom. The van der Waals surface area contributed by atoms with E-state index in [-0.39, 0.29) is 17.5 Å². The van der Waals surface area contributed by atoms with Gasteiger partial charge in [0.15, 0.2) is 17.2 Å². The maximum atomic E-state index is 11.1. The number of nitrogens with one attached hydrogen (secondary N) is 1. The van der Waals surface area contributed by atoms with Crippen molar-refractivity contribution < 1.29 is 19.1 Å². The number of nitrogens with zero attached hydrogens (tertiary/aromatic N) is 1. The summed E-state index contributed by atoms with van der Waals surface area (Å²) in [7, 11) is 4.60. The van der Waals surface area contributed by atoms with Gasteiger partial charge in [0.2, 0.25) is 0 Å².